The van der Waals surface area contributed by atoms with Crippen molar-refractivity contribution in [2.45, 2.75) is 45.1 Å². The van der Waals surface area contributed by atoms with Gasteiger partial charge in [0.1, 0.15) is 0 Å². The average molecular weight is 398 g/mol. The van der Waals surface area contributed by atoms with Crippen molar-refractivity contribution in [2.24, 2.45) is 0 Å². The van der Waals surface area contributed by atoms with Crippen LogP contribution in [0.25, 0.3) is 0 Å². The molecule has 0 radical (unpaired) electrons. The van der Waals surface area contributed by atoms with Crippen molar-refractivity contribution in [1.29, 1.82) is 0 Å². The zero-order valence-corrected chi connectivity index (χ0v) is 16.0. The highest BCUT2D eigenvalue weighted by Gasteiger charge is 2.42. The number of carbonyl (C=O) groups excluding carboxylic acids is 2. The first-order chi connectivity index (χ1) is 12.0. The number of carbonyl (C=O) groups is 2. The average Bonchev–Trinajstić information content (AvgIpc) is 3.15. The van der Waals surface area contributed by atoms with Crippen LogP contribution in [-0.2, 0) is 0 Å². The van der Waals surface area contributed by atoms with E-state index in [-0.39, 0.29) is 17.9 Å². The molecule has 4 heteroatoms. The van der Waals surface area contributed by atoms with Crippen molar-refractivity contribution in [2.75, 3.05) is 0 Å². The van der Waals surface area contributed by atoms with Gasteiger partial charge in [-0.3, -0.25) is 14.5 Å². The van der Waals surface area contributed by atoms with Gasteiger partial charge in [-0.1, -0.05) is 34.1 Å². The smallest absolute Gasteiger partial charge is 0.261 e. The zero-order valence-electron chi connectivity index (χ0n) is 14.4. The van der Waals surface area contributed by atoms with Crippen LogP contribution in [0.5, 0.6) is 0 Å². The van der Waals surface area contributed by atoms with Crippen LogP contribution in [0, 0.1) is 13.8 Å². The third-order valence-electron chi connectivity index (χ3n) is 5.58. The second kappa shape index (κ2) is 6.10. The summed E-state index contributed by atoms with van der Waals surface area (Å²) >= 11 is 3.59. The fourth-order valence-corrected chi connectivity index (χ4v) is 4.72. The summed E-state index contributed by atoms with van der Waals surface area (Å²) in [4.78, 5) is 26.9. The second-order valence-corrected chi connectivity index (χ2v) is 8.00. The third kappa shape index (κ3) is 2.63. The van der Waals surface area contributed by atoms with Gasteiger partial charge in [0.2, 0.25) is 0 Å². The summed E-state index contributed by atoms with van der Waals surface area (Å²) in [5.41, 5.74) is 4.94. The van der Waals surface area contributed by atoms with E-state index in [9.17, 15) is 9.59 Å². The van der Waals surface area contributed by atoms with E-state index in [2.05, 4.69) is 41.9 Å². The fraction of sp³-hybridized carbons (Fsp3) is 0.333. The molecule has 128 valence electrons. The molecule has 2 aliphatic rings. The van der Waals surface area contributed by atoms with Crippen molar-refractivity contribution in [3.8, 4) is 0 Å². The van der Waals surface area contributed by atoms with Gasteiger partial charge in [0.25, 0.3) is 11.8 Å². The Morgan fingerprint density at radius 1 is 0.960 bits per heavy atom. The van der Waals surface area contributed by atoms with Gasteiger partial charge in [-0.25, -0.2) is 0 Å². The molecular weight excluding hydrogens is 378 g/mol. The number of imide groups is 1. The minimum absolute atomic E-state index is 0.000697. The maximum Gasteiger partial charge on any atom is 0.261 e. The summed E-state index contributed by atoms with van der Waals surface area (Å²) in [5.74, 6) is 0.144. The van der Waals surface area contributed by atoms with Gasteiger partial charge in [0.05, 0.1) is 11.1 Å². The molecule has 3 nitrogen and oxygen atoms in total. The Hall–Kier alpha value is -1.94. The van der Waals surface area contributed by atoms with E-state index in [4.69, 9.17) is 0 Å². The standard InChI is InChI=1S/C21H20BrNO2/c1-12-10-19(22)13(2)9-18(12)14-7-8-15(11-14)23-20(24)16-5-3-4-6-17(16)21(23)25/h3-6,9-10,14-15H,7-8,11H2,1-2H3. The molecule has 1 aliphatic carbocycles. The molecule has 0 spiro atoms. The third-order valence-corrected chi connectivity index (χ3v) is 6.44. The van der Waals surface area contributed by atoms with Crippen LogP contribution in [0.4, 0.5) is 0 Å². The largest absolute Gasteiger partial charge is 0.271 e. The van der Waals surface area contributed by atoms with Crippen molar-refractivity contribution in [1.82, 2.24) is 4.90 Å². The van der Waals surface area contributed by atoms with Gasteiger partial charge >= 0.3 is 0 Å². The number of benzene rings is 2. The van der Waals surface area contributed by atoms with Crippen molar-refractivity contribution in [3.05, 3.63) is 68.7 Å². The quantitative estimate of drug-likeness (QED) is 0.668. The summed E-state index contributed by atoms with van der Waals surface area (Å²) in [5, 5.41) is 0. The first kappa shape index (κ1) is 16.5. The SMILES string of the molecule is Cc1cc(C2CCC(N3C(=O)c4ccccc4C3=O)C2)c(C)cc1Br. The number of aryl methyl sites for hydroxylation is 2. The molecule has 2 atom stereocenters. The highest BCUT2D eigenvalue weighted by atomic mass is 79.9. The van der Waals surface area contributed by atoms with Gasteiger partial charge in [0, 0.05) is 10.5 Å². The van der Waals surface area contributed by atoms with Gasteiger partial charge in [-0.2, -0.15) is 0 Å². The fourth-order valence-electron chi connectivity index (χ4n) is 4.26. The summed E-state index contributed by atoms with van der Waals surface area (Å²) in [6, 6.07) is 11.6. The summed E-state index contributed by atoms with van der Waals surface area (Å²) in [6.45, 7) is 4.23. The molecule has 2 unspecified atom stereocenters. The molecule has 0 bridgehead atoms. The molecule has 2 aromatic carbocycles. The molecule has 0 N–H and O–H groups in total. The Balaban J connectivity index is 1.59. The molecular formula is C21H20BrNO2. The number of rotatable bonds is 2. The number of fused-ring (bicyclic) bond motifs is 1. The number of halogens is 1. The van der Waals surface area contributed by atoms with Gasteiger partial charge in [-0.05, 0) is 73.9 Å². The van der Waals surface area contributed by atoms with Gasteiger partial charge in [-0.15, -0.1) is 0 Å². The lowest BCUT2D eigenvalue weighted by Crippen LogP contribution is -2.38. The van der Waals surface area contributed by atoms with Gasteiger partial charge < -0.3 is 0 Å². The lowest BCUT2D eigenvalue weighted by Gasteiger charge is -2.22. The van der Waals surface area contributed by atoms with Crippen LogP contribution in [0.1, 0.15) is 62.6 Å². The summed E-state index contributed by atoms with van der Waals surface area (Å²) in [6.07, 6.45) is 2.75. The number of hydrogen-bond donors (Lipinski definition) is 0. The Morgan fingerprint density at radius 3 is 2.24 bits per heavy atom. The van der Waals surface area contributed by atoms with Gasteiger partial charge in [0.15, 0.2) is 0 Å². The molecule has 0 aromatic heterocycles. The van der Waals surface area contributed by atoms with Crippen LogP contribution in [0.3, 0.4) is 0 Å². The molecule has 1 saturated carbocycles. The first-order valence-electron chi connectivity index (χ1n) is 8.71. The Kier molecular flexibility index (Phi) is 4.03. The lowest BCUT2D eigenvalue weighted by molar-refractivity contribution is 0.0586. The maximum absolute atomic E-state index is 12.7. The highest BCUT2D eigenvalue weighted by molar-refractivity contribution is 9.10. The monoisotopic (exact) mass is 397 g/mol. The van der Waals surface area contributed by atoms with Crippen LogP contribution in [0.2, 0.25) is 0 Å². The van der Waals surface area contributed by atoms with Crippen LogP contribution in [0.15, 0.2) is 40.9 Å². The van der Waals surface area contributed by atoms with E-state index in [1.54, 1.807) is 12.1 Å². The van der Waals surface area contributed by atoms with Crippen LogP contribution < -0.4 is 0 Å². The van der Waals surface area contributed by atoms with E-state index in [0.717, 1.165) is 23.7 Å². The van der Waals surface area contributed by atoms with Crippen molar-refractivity contribution >= 4 is 27.7 Å². The topological polar surface area (TPSA) is 37.4 Å². The second-order valence-electron chi connectivity index (χ2n) is 7.15. The molecule has 4 rings (SSSR count). The van der Waals surface area contributed by atoms with E-state index >= 15 is 0 Å². The predicted molar refractivity (Wildman–Crippen MR) is 101 cm³/mol. The first-order valence-corrected chi connectivity index (χ1v) is 9.50. The Bertz CT molecular complexity index is 854. The number of amides is 2. The normalized spacial score (nSPS) is 22.6. The zero-order chi connectivity index (χ0) is 17.7. The summed E-state index contributed by atoms with van der Waals surface area (Å²) in [7, 11) is 0. The van der Waals surface area contributed by atoms with E-state index in [1.165, 1.54) is 21.6 Å². The lowest BCUT2D eigenvalue weighted by atomic mass is 9.92. The predicted octanol–water partition coefficient (Wildman–Crippen LogP) is 5.00. The maximum atomic E-state index is 12.7. The van der Waals surface area contributed by atoms with Crippen LogP contribution >= 0.6 is 15.9 Å². The van der Waals surface area contributed by atoms with E-state index < -0.39 is 0 Å². The Morgan fingerprint density at radius 2 is 1.60 bits per heavy atom. The number of hydrogen-bond acceptors (Lipinski definition) is 2. The molecule has 1 fully saturated rings. The molecule has 25 heavy (non-hydrogen) atoms. The summed E-state index contributed by atoms with van der Waals surface area (Å²) < 4.78 is 1.13. The van der Waals surface area contributed by atoms with Crippen LogP contribution in [-0.4, -0.2) is 22.8 Å². The molecule has 1 heterocycles. The van der Waals surface area contributed by atoms with E-state index in [1.807, 2.05) is 12.1 Å². The van der Waals surface area contributed by atoms with Crippen molar-refractivity contribution in [3.63, 3.8) is 0 Å². The molecule has 1 aliphatic heterocycles. The van der Waals surface area contributed by atoms with Crippen molar-refractivity contribution < 1.29 is 9.59 Å². The minimum atomic E-state index is -0.130. The number of nitrogens with zero attached hydrogens (tertiary/aromatic N) is 1. The van der Waals surface area contributed by atoms with E-state index in [0.29, 0.717) is 17.0 Å². The Labute approximate surface area is 156 Å². The molecule has 2 aromatic rings. The highest BCUT2D eigenvalue weighted by Crippen LogP contribution is 2.41. The molecule has 2 amide bonds. The molecule has 0 saturated heterocycles. The minimum Gasteiger partial charge on any atom is -0.271 e.